The van der Waals surface area contributed by atoms with Crippen molar-refractivity contribution in [2.45, 2.75) is 45.6 Å². The zero-order valence-electron chi connectivity index (χ0n) is 17.3. The number of rotatable bonds is 8. The maximum absolute atomic E-state index is 12.8. The van der Waals surface area contributed by atoms with E-state index in [-0.39, 0.29) is 5.57 Å². The average Bonchev–Trinajstić information content (AvgIpc) is 2.73. The molecule has 0 aliphatic heterocycles. The first kappa shape index (κ1) is 21.8. The summed E-state index contributed by atoms with van der Waals surface area (Å²) in [6.45, 7) is -0.645. The van der Waals surface area contributed by atoms with Crippen molar-refractivity contribution >= 4 is 11.5 Å². The van der Waals surface area contributed by atoms with E-state index in [0.717, 1.165) is 48.8 Å². The molecule has 4 nitrogen and oxygen atoms in total. The van der Waals surface area contributed by atoms with Crippen LogP contribution in [0, 0.1) is 6.92 Å². The van der Waals surface area contributed by atoms with Crippen molar-refractivity contribution in [2.24, 2.45) is 0 Å². The van der Waals surface area contributed by atoms with Crippen molar-refractivity contribution < 1.29 is 23.0 Å². The molecule has 0 bridgehead atoms. The van der Waals surface area contributed by atoms with Gasteiger partial charge in [0.1, 0.15) is 12.0 Å². The number of amides is 1. The summed E-state index contributed by atoms with van der Waals surface area (Å²) < 4.78 is 34.8. The summed E-state index contributed by atoms with van der Waals surface area (Å²) >= 11 is 0. The SMILES string of the molecule is COc1ccc(CCNC(=O)C(=COC(F)F)c2ccc3c(c2)CCCC3)cc1C. The maximum atomic E-state index is 12.8. The third-order valence-corrected chi connectivity index (χ3v) is 5.35. The van der Waals surface area contributed by atoms with Crippen LogP contribution in [-0.4, -0.2) is 26.2 Å². The Bertz CT molecular complexity index is 925. The highest BCUT2D eigenvalue weighted by Gasteiger charge is 2.17. The van der Waals surface area contributed by atoms with Crippen molar-refractivity contribution in [3.05, 3.63) is 70.5 Å². The Hall–Kier alpha value is -2.89. The third-order valence-electron chi connectivity index (χ3n) is 5.35. The van der Waals surface area contributed by atoms with Crippen molar-refractivity contribution in [1.82, 2.24) is 5.32 Å². The van der Waals surface area contributed by atoms with Crippen LogP contribution in [0.2, 0.25) is 0 Å². The lowest BCUT2D eigenvalue weighted by Crippen LogP contribution is -2.27. The Labute approximate surface area is 175 Å². The zero-order chi connectivity index (χ0) is 21.5. The number of methoxy groups -OCH3 is 1. The number of ether oxygens (including phenoxy) is 2. The third kappa shape index (κ3) is 5.59. The Kier molecular flexibility index (Phi) is 7.44. The summed E-state index contributed by atoms with van der Waals surface area (Å²) in [4.78, 5) is 12.8. The number of hydrogen-bond acceptors (Lipinski definition) is 3. The minimum Gasteiger partial charge on any atom is -0.496 e. The van der Waals surface area contributed by atoms with Gasteiger partial charge in [-0.05, 0) is 72.9 Å². The van der Waals surface area contributed by atoms with Gasteiger partial charge in [-0.15, -0.1) is 0 Å². The molecule has 3 rings (SSSR count). The summed E-state index contributed by atoms with van der Waals surface area (Å²) in [6, 6.07) is 11.5. The molecule has 1 aliphatic rings. The molecule has 0 radical (unpaired) electrons. The van der Waals surface area contributed by atoms with Crippen LogP contribution in [0.25, 0.3) is 5.57 Å². The summed E-state index contributed by atoms with van der Waals surface area (Å²) in [7, 11) is 1.62. The molecular weight excluding hydrogens is 388 g/mol. The fourth-order valence-corrected chi connectivity index (χ4v) is 3.78. The van der Waals surface area contributed by atoms with Crippen LogP contribution in [0.1, 0.15) is 40.7 Å². The van der Waals surface area contributed by atoms with Gasteiger partial charge in [0.05, 0.1) is 12.7 Å². The van der Waals surface area contributed by atoms with Gasteiger partial charge in [-0.25, -0.2) is 0 Å². The number of halogens is 2. The molecule has 30 heavy (non-hydrogen) atoms. The van der Waals surface area contributed by atoms with Crippen LogP contribution in [0.3, 0.4) is 0 Å². The first-order chi connectivity index (χ1) is 14.5. The Morgan fingerprint density at radius 2 is 1.90 bits per heavy atom. The molecule has 2 aromatic carbocycles. The van der Waals surface area contributed by atoms with E-state index in [1.807, 2.05) is 37.3 Å². The number of hydrogen-bond donors (Lipinski definition) is 1. The molecule has 0 heterocycles. The normalized spacial score (nSPS) is 13.7. The first-order valence-electron chi connectivity index (χ1n) is 10.2. The molecule has 0 atom stereocenters. The lowest BCUT2D eigenvalue weighted by atomic mass is 9.89. The second-order valence-corrected chi connectivity index (χ2v) is 7.43. The number of carbonyl (C=O) groups is 1. The van der Waals surface area contributed by atoms with Gasteiger partial charge in [-0.1, -0.05) is 30.3 Å². The van der Waals surface area contributed by atoms with Crippen LogP contribution in [0.5, 0.6) is 5.75 Å². The van der Waals surface area contributed by atoms with E-state index in [4.69, 9.17) is 4.74 Å². The van der Waals surface area contributed by atoms with Gasteiger partial charge in [0.2, 0.25) is 0 Å². The smallest absolute Gasteiger partial charge is 0.386 e. The summed E-state index contributed by atoms with van der Waals surface area (Å²) in [6.07, 6.45) is 5.66. The maximum Gasteiger partial charge on any atom is 0.386 e. The monoisotopic (exact) mass is 415 g/mol. The molecule has 0 aromatic heterocycles. The highest BCUT2D eigenvalue weighted by atomic mass is 19.3. The molecule has 1 N–H and O–H groups in total. The van der Waals surface area contributed by atoms with Gasteiger partial charge >= 0.3 is 6.61 Å². The molecule has 0 unspecified atom stereocenters. The fraction of sp³-hybridized carbons (Fsp3) is 0.375. The molecule has 0 saturated carbocycles. The topological polar surface area (TPSA) is 47.6 Å². The molecule has 160 valence electrons. The van der Waals surface area contributed by atoms with Gasteiger partial charge in [0, 0.05) is 6.54 Å². The van der Waals surface area contributed by atoms with E-state index in [2.05, 4.69) is 10.1 Å². The van der Waals surface area contributed by atoms with E-state index < -0.39 is 12.5 Å². The summed E-state index contributed by atoms with van der Waals surface area (Å²) in [5, 5.41) is 2.82. The van der Waals surface area contributed by atoms with E-state index in [9.17, 15) is 13.6 Å². The zero-order valence-corrected chi connectivity index (χ0v) is 17.3. The number of nitrogens with one attached hydrogen (secondary N) is 1. The van der Waals surface area contributed by atoms with Crippen molar-refractivity contribution in [2.75, 3.05) is 13.7 Å². The molecule has 0 fully saturated rings. The minimum absolute atomic E-state index is 0.106. The van der Waals surface area contributed by atoms with Gasteiger partial charge in [0.25, 0.3) is 5.91 Å². The van der Waals surface area contributed by atoms with E-state index in [0.29, 0.717) is 18.5 Å². The molecule has 0 spiro atoms. The standard InChI is InChI=1S/C24H27F2NO3/c1-16-13-17(7-10-22(16)29-2)11-12-27-23(28)21(15-30-24(25)26)20-9-8-18-5-3-4-6-19(18)14-20/h7-10,13-15,24H,3-6,11-12H2,1-2H3,(H,27,28). The van der Waals surface area contributed by atoms with Crippen LogP contribution < -0.4 is 10.1 Å². The van der Waals surface area contributed by atoms with Crippen LogP contribution in [-0.2, 0) is 28.8 Å². The molecule has 6 heteroatoms. The van der Waals surface area contributed by atoms with Crippen LogP contribution >= 0.6 is 0 Å². The fourth-order valence-electron chi connectivity index (χ4n) is 3.78. The van der Waals surface area contributed by atoms with Crippen molar-refractivity contribution in [1.29, 1.82) is 0 Å². The molecule has 2 aromatic rings. The van der Waals surface area contributed by atoms with Crippen LogP contribution in [0.15, 0.2) is 42.7 Å². The number of alkyl halides is 2. The quantitative estimate of drug-likeness (QED) is 0.497. The van der Waals surface area contributed by atoms with Gasteiger partial charge in [-0.2, -0.15) is 8.78 Å². The van der Waals surface area contributed by atoms with Gasteiger partial charge in [0.15, 0.2) is 0 Å². The Balaban J connectivity index is 1.70. The van der Waals surface area contributed by atoms with E-state index in [1.54, 1.807) is 13.2 Å². The second kappa shape index (κ2) is 10.2. The average molecular weight is 415 g/mol. The summed E-state index contributed by atoms with van der Waals surface area (Å²) in [5.41, 5.74) is 5.19. The van der Waals surface area contributed by atoms with E-state index in [1.165, 1.54) is 11.1 Å². The minimum atomic E-state index is -2.98. The largest absolute Gasteiger partial charge is 0.496 e. The molecule has 0 saturated heterocycles. The highest BCUT2D eigenvalue weighted by molar-refractivity contribution is 6.19. The number of aryl methyl sites for hydroxylation is 3. The number of carbonyl (C=O) groups excluding carboxylic acids is 1. The van der Waals surface area contributed by atoms with Crippen molar-refractivity contribution in [3.8, 4) is 5.75 Å². The van der Waals surface area contributed by atoms with Gasteiger partial charge < -0.3 is 14.8 Å². The van der Waals surface area contributed by atoms with E-state index >= 15 is 0 Å². The lowest BCUT2D eigenvalue weighted by Gasteiger charge is -2.17. The second-order valence-electron chi connectivity index (χ2n) is 7.43. The number of benzene rings is 2. The molecule has 1 amide bonds. The molecule has 1 aliphatic carbocycles. The Morgan fingerprint density at radius 1 is 1.13 bits per heavy atom. The summed E-state index contributed by atoms with van der Waals surface area (Å²) in [5.74, 6) is 0.376. The Morgan fingerprint density at radius 3 is 2.60 bits per heavy atom. The lowest BCUT2D eigenvalue weighted by molar-refractivity contribution is -0.116. The van der Waals surface area contributed by atoms with Crippen LogP contribution in [0.4, 0.5) is 8.78 Å². The molecular formula is C24H27F2NO3. The first-order valence-corrected chi connectivity index (χ1v) is 10.2. The van der Waals surface area contributed by atoms with Crippen molar-refractivity contribution in [3.63, 3.8) is 0 Å². The van der Waals surface area contributed by atoms with Gasteiger partial charge in [-0.3, -0.25) is 4.79 Å². The highest BCUT2D eigenvalue weighted by Crippen LogP contribution is 2.26. The predicted molar refractivity (Wildman–Crippen MR) is 113 cm³/mol. The predicted octanol–water partition coefficient (Wildman–Crippen LogP) is 4.82. The number of fused-ring (bicyclic) bond motifs is 1.